The molecule has 0 unspecified atom stereocenters. The molecule has 0 N–H and O–H groups in total. The highest BCUT2D eigenvalue weighted by atomic mass is 79.9. The Balaban J connectivity index is 2.91. The van der Waals surface area contributed by atoms with Crippen molar-refractivity contribution < 1.29 is 13.9 Å². The van der Waals surface area contributed by atoms with Crippen LogP contribution in [0, 0.1) is 6.92 Å². The highest BCUT2D eigenvalue weighted by Gasteiger charge is 2.25. The molecule has 18 heavy (non-hydrogen) atoms. The summed E-state index contributed by atoms with van der Waals surface area (Å²) >= 11 is 3.24. The van der Waals surface area contributed by atoms with E-state index >= 15 is 0 Å². The summed E-state index contributed by atoms with van der Waals surface area (Å²) in [6, 6.07) is 3.53. The van der Waals surface area contributed by atoms with Crippen molar-refractivity contribution in [3.63, 3.8) is 0 Å². The average molecular weight is 316 g/mol. The number of furan rings is 1. The van der Waals surface area contributed by atoms with Crippen LogP contribution >= 0.6 is 15.9 Å². The molecule has 0 aliphatic heterocycles. The van der Waals surface area contributed by atoms with E-state index in [9.17, 15) is 4.79 Å². The van der Waals surface area contributed by atoms with Gasteiger partial charge in [0.15, 0.2) is 0 Å². The van der Waals surface area contributed by atoms with Gasteiger partial charge in [0.1, 0.15) is 11.4 Å². The lowest BCUT2D eigenvalue weighted by atomic mass is 10.2. The third-order valence-corrected chi connectivity index (χ3v) is 2.19. The second-order valence-corrected chi connectivity index (χ2v) is 6.09. The summed E-state index contributed by atoms with van der Waals surface area (Å²) in [5, 5.41) is 0. The first-order chi connectivity index (χ1) is 8.19. The quantitative estimate of drug-likeness (QED) is 0.838. The van der Waals surface area contributed by atoms with E-state index in [1.807, 2.05) is 27.7 Å². The number of hydrogen-bond acceptors (Lipinski definition) is 3. The van der Waals surface area contributed by atoms with Crippen LogP contribution < -0.4 is 4.90 Å². The normalized spacial score (nSPS) is 11.2. The van der Waals surface area contributed by atoms with Gasteiger partial charge in [-0.05, 0) is 33.8 Å². The molecule has 0 aliphatic rings. The standard InChI is InChI=1S/C13H18BrNO3/c1-9(14)8-15(11-7-6-10(2)17-11)12(16)18-13(3,4)5/h6-7H,1,8H2,2-5H3. The zero-order chi connectivity index (χ0) is 13.9. The summed E-state index contributed by atoms with van der Waals surface area (Å²) in [6.45, 7) is 11.3. The Kier molecular flexibility index (Phi) is 4.62. The maximum atomic E-state index is 12.1. The number of rotatable bonds is 3. The summed E-state index contributed by atoms with van der Waals surface area (Å²) in [6.07, 6.45) is -0.461. The van der Waals surface area contributed by atoms with Gasteiger partial charge in [0.25, 0.3) is 0 Å². The Labute approximate surface area is 116 Å². The molecular weight excluding hydrogens is 298 g/mol. The van der Waals surface area contributed by atoms with Gasteiger partial charge in [0.2, 0.25) is 5.88 Å². The maximum Gasteiger partial charge on any atom is 0.417 e. The molecule has 4 nitrogen and oxygen atoms in total. The zero-order valence-electron chi connectivity index (χ0n) is 11.1. The van der Waals surface area contributed by atoms with Gasteiger partial charge in [0.05, 0.1) is 6.54 Å². The summed E-state index contributed by atoms with van der Waals surface area (Å²) in [5.41, 5.74) is -0.551. The minimum absolute atomic E-state index is 0.294. The molecule has 1 amide bonds. The van der Waals surface area contributed by atoms with E-state index < -0.39 is 11.7 Å². The van der Waals surface area contributed by atoms with Crippen molar-refractivity contribution >= 4 is 27.9 Å². The van der Waals surface area contributed by atoms with Crippen molar-refractivity contribution in [2.75, 3.05) is 11.4 Å². The van der Waals surface area contributed by atoms with E-state index in [-0.39, 0.29) is 0 Å². The number of carbonyl (C=O) groups is 1. The Morgan fingerprint density at radius 1 is 1.50 bits per heavy atom. The molecule has 0 radical (unpaired) electrons. The number of nitrogens with zero attached hydrogens (tertiary/aromatic N) is 1. The fourth-order valence-electron chi connectivity index (χ4n) is 1.29. The van der Waals surface area contributed by atoms with Crippen LogP contribution in [0.15, 0.2) is 27.6 Å². The van der Waals surface area contributed by atoms with Gasteiger partial charge < -0.3 is 9.15 Å². The third-order valence-electron chi connectivity index (χ3n) is 1.94. The summed E-state index contributed by atoms with van der Waals surface area (Å²) < 4.78 is 11.4. The molecule has 0 aromatic carbocycles. The molecule has 0 atom stereocenters. The Bertz CT molecular complexity index is 445. The molecule has 0 bridgehead atoms. The van der Waals surface area contributed by atoms with Crippen LogP contribution in [0.5, 0.6) is 0 Å². The molecule has 0 spiro atoms. The summed E-state index contributed by atoms with van der Waals surface area (Å²) in [7, 11) is 0. The molecule has 1 rings (SSSR count). The number of anilines is 1. The van der Waals surface area contributed by atoms with Crippen molar-refractivity contribution in [3.05, 3.63) is 29.0 Å². The molecule has 1 heterocycles. The predicted molar refractivity (Wildman–Crippen MR) is 75.1 cm³/mol. The van der Waals surface area contributed by atoms with Crippen LogP contribution in [0.2, 0.25) is 0 Å². The first kappa shape index (κ1) is 14.8. The van der Waals surface area contributed by atoms with Gasteiger partial charge in [-0.2, -0.15) is 0 Å². The SMILES string of the molecule is C=C(Br)CN(C(=O)OC(C)(C)C)c1ccc(C)o1. The molecule has 1 aromatic heterocycles. The first-order valence-electron chi connectivity index (χ1n) is 5.59. The molecular formula is C13H18BrNO3. The Morgan fingerprint density at radius 3 is 2.50 bits per heavy atom. The van der Waals surface area contributed by atoms with Crippen LogP contribution in [0.3, 0.4) is 0 Å². The average Bonchev–Trinajstić information content (AvgIpc) is 2.57. The van der Waals surface area contributed by atoms with Crippen molar-refractivity contribution in [1.82, 2.24) is 0 Å². The lowest BCUT2D eigenvalue weighted by molar-refractivity contribution is 0.0578. The van der Waals surface area contributed by atoms with Gasteiger partial charge in [-0.3, -0.25) is 0 Å². The third kappa shape index (κ3) is 4.56. The molecule has 0 saturated heterocycles. The van der Waals surface area contributed by atoms with E-state index in [0.717, 1.165) is 5.76 Å². The van der Waals surface area contributed by atoms with Crippen molar-refractivity contribution in [2.45, 2.75) is 33.3 Å². The van der Waals surface area contributed by atoms with Gasteiger partial charge >= 0.3 is 6.09 Å². The Hall–Kier alpha value is -1.23. The number of halogens is 1. The highest BCUT2D eigenvalue weighted by molar-refractivity contribution is 9.11. The lowest BCUT2D eigenvalue weighted by Crippen LogP contribution is -2.37. The zero-order valence-corrected chi connectivity index (χ0v) is 12.7. The van der Waals surface area contributed by atoms with E-state index in [0.29, 0.717) is 16.9 Å². The molecule has 100 valence electrons. The molecule has 1 aromatic rings. The number of aryl methyl sites for hydroxylation is 1. The minimum atomic E-state index is -0.551. The van der Waals surface area contributed by atoms with Gasteiger partial charge in [-0.1, -0.05) is 22.5 Å². The second kappa shape index (κ2) is 5.61. The van der Waals surface area contributed by atoms with Gasteiger partial charge in [-0.25, -0.2) is 9.69 Å². The van der Waals surface area contributed by atoms with Crippen LogP contribution in [0.1, 0.15) is 26.5 Å². The van der Waals surface area contributed by atoms with Crippen LogP contribution in [0.4, 0.5) is 10.7 Å². The predicted octanol–water partition coefficient (Wildman–Crippen LogP) is 4.24. The van der Waals surface area contributed by atoms with Crippen molar-refractivity contribution in [2.24, 2.45) is 0 Å². The molecule has 0 fully saturated rings. The van der Waals surface area contributed by atoms with Gasteiger partial charge in [0, 0.05) is 10.5 Å². The van der Waals surface area contributed by atoms with E-state index in [4.69, 9.17) is 9.15 Å². The largest absolute Gasteiger partial charge is 0.445 e. The first-order valence-corrected chi connectivity index (χ1v) is 6.38. The Morgan fingerprint density at radius 2 is 2.11 bits per heavy atom. The van der Waals surface area contributed by atoms with Crippen LogP contribution in [-0.4, -0.2) is 18.2 Å². The number of ether oxygens (including phenoxy) is 1. The fraction of sp³-hybridized carbons (Fsp3) is 0.462. The van der Waals surface area contributed by atoms with Crippen molar-refractivity contribution in [3.8, 4) is 0 Å². The second-order valence-electron chi connectivity index (χ2n) is 4.97. The fourth-order valence-corrected chi connectivity index (χ4v) is 1.54. The molecule has 0 aliphatic carbocycles. The van der Waals surface area contributed by atoms with Gasteiger partial charge in [-0.15, -0.1) is 0 Å². The summed E-state index contributed by atoms with van der Waals surface area (Å²) in [4.78, 5) is 13.5. The highest BCUT2D eigenvalue weighted by Crippen LogP contribution is 2.22. The smallest absolute Gasteiger partial charge is 0.417 e. The molecule has 5 heteroatoms. The van der Waals surface area contributed by atoms with Crippen LogP contribution in [0.25, 0.3) is 0 Å². The maximum absolute atomic E-state index is 12.1. The number of carbonyl (C=O) groups excluding carboxylic acids is 1. The topological polar surface area (TPSA) is 42.7 Å². The van der Waals surface area contributed by atoms with Crippen LogP contribution in [-0.2, 0) is 4.74 Å². The van der Waals surface area contributed by atoms with E-state index in [2.05, 4.69) is 22.5 Å². The number of amides is 1. The molecule has 0 saturated carbocycles. The van der Waals surface area contributed by atoms with E-state index in [1.54, 1.807) is 12.1 Å². The van der Waals surface area contributed by atoms with Crippen molar-refractivity contribution in [1.29, 1.82) is 0 Å². The van der Waals surface area contributed by atoms with E-state index in [1.165, 1.54) is 4.90 Å². The minimum Gasteiger partial charge on any atom is -0.445 e. The monoisotopic (exact) mass is 315 g/mol. The summed E-state index contributed by atoms with van der Waals surface area (Å²) in [5.74, 6) is 1.18. The lowest BCUT2D eigenvalue weighted by Gasteiger charge is -2.25. The number of hydrogen-bond donors (Lipinski definition) is 0.